The van der Waals surface area contributed by atoms with E-state index in [4.69, 9.17) is 21.7 Å². The molecule has 0 bridgehead atoms. The van der Waals surface area contributed by atoms with Crippen LogP contribution in [0.25, 0.3) is 10.8 Å². The predicted molar refractivity (Wildman–Crippen MR) is 134 cm³/mol. The number of hydrogen-bond donors (Lipinski definition) is 3. The number of amides is 2. The van der Waals surface area contributed by atoms with Crippen LogP contribution in [0.3, 0.4) is 0 Å². The van der Waals surface area contributed by atoms with Gasteiger partial charge in [0.2, 0.25) is 0 Å². The lowest BCUT2D eigenvalue weighted by Crippen LogP contribution is -2.49. The Kier molecular flexibility index (Phi) is 8.43. The number of halogens is 2. The van der Waals surface area contributed by atoms with Crippen LogP contribution in [0, 0.1) is 0 Å². The second kappa shape index (κ2) is 11.3. The lowest BCUT2D eigenvalue weighted by Gasteiger charge is -2.13. The number of benzene rings is 3. The van der Waals surface area contributed by atoms with E-state index in [1.54, 1.807) is 30.3 Å². The quantitative estimate of drug-likeness (QED) is 0.294. The monoisotopic (exact) mass is 579 g/mol. The maximum Gasteiger partial charge on any atom is 0.276 e. The van der Waals surface area contributed by atoms with Gasteiger partial charge in [0, 0.05) is 10.0 Å². The molecule has 0 atom stereocenters. The van der Waals surface area contributed by atoms with Crippen molar-refractivity contribution in [2.24, 2.45) is 0 Å². The van der Waals surface area contributed by atoms with Gasteiger partial charge in [0.25, 0.3) is 11.8 Å². The molecule has 0 spiro atoms. The van der Waals surface area contributed by atoms with Gasteiger partial charge in [-0.1, -0.05) is 34.1 Å². The predicted octanol–water partition coefficient (Wildman–Crippen LogP) is 4.48. The SMILES string of the molecule is CCOc1cccc(C(=O)NC(=S)NNC(=O)COc2ccc3cc(Br)ccc3c2Br)c1. The fourth-order valence-electron chi connectivity index (χ4n) is 2.76. The van der Waals surface area contributed by atoms with Crippen molar-refractivity contribution >= 4 is 71.8 Å². The van der Waals surface area contributed by atoms with Gasteiger partial charge >= 0.3 is 0 Å². The van der Waals surface area contributed by atoms with Gasteiger partial charge in [-0.05, 0) is 82.2 Å². The van der Waals surface area contributed by atoms with Crippen LogP contribution in [0.5, 0.6) is 11.5 Å². The molecular weight excluding hydrogens is 562 g/mol. The van der Waals surface area contributed by atoms with Crippen molar-refractivity contribution in [1.29, 1.82) is 0 Å². The maximum absolute atomic E-state index is 12.3. The highest BCUT2D eigenvalue weighted by atomic mass is 79.9. The Balaban J connectivity index is 1.48. The number of hydrogen-bond acceptors (Lipinski definition) is 5. The zero-order valence-electron chi connectivity index (χ0n) is 16.9. The molecule has 0 fully saturated rings. The fourth-order valence-corrected chi connectivity index (χ4v) is 3.89. The average molecular weight is 581 g/mol. The molecule has 166 valence electrons. The summed E-state index contributed by atoms with van der Waals surface area (Å²) in [5.41, 5.74) is 5.25. The third-order valence-electron chi connectivity index (χ3n) is 4.19. The summed E-state index contributed by atoms with van der Waals surface area (Å²) in [4.78, 5) is 24.4. The van der Waals surface area contributed by atoms with Crippen LogP contribution in [-0.2, 0) is 4.79 Å². The number of thiocarbonyl (C=S) groups is 1. The molecule has 7 nitrogen and oxygen atoms in total. The summed E-state index contributed by atoms with van der Waals surface area (Å²) in [7, 11) is 0. The van der Waals surface area contributed by atoms with Gasteiger partial charge in [0.1, 0.15) is 11.5 Å². The van der Waals surface area contributed by atoms with Crippen molar-refractivity contribution in [2.75, 3.05) is 13.2 Å². The number of nitrogens with one attached hydrogen (secondary N) is 3. The molecule has 0 heterocycles. The lowest BCUT2D eigenvalue weighted by atomic mass is 10.1. The van der Waals surface area contributed by atoms with E-state index >= 15 is 0 Å². The normalized spacial score (nSPS) is 10.3. The summed E-state index contributed by atoms with van der Waals surface area (Å²) in [6.07, 6.45) is 0. The van der Waals surface area contributed by atoms with E-state index < -0.39 is 11.8 Å². The molecule has 3 aromatic rings. The number of rotatable bonds is 6. The smallest absolute Gasteiger partial charge is 0.276 e. The van der Waals surface area contributed by atoms with Crippen molar-refractivity contribution in [1.82, 2.24) is 16.2 Å². The Morgan fingerprint density at radius 2 is 1.81 bits per heavy atom. The Bertz CT molecular complexity index is 1170. The van der Waals surface area contributed by atoms with E-state index in [-0.39, 0.29) is 11.7 Å². The molecular formula is C22H19Br2N3O4S. The Morgan fingerprint density at radius 1 is 1.00 bits per heavy atom. The average Bonchev–Trinajstić information content (AvgIpc) is 2.77. The summed E-state index contributed by atoms with van der Waals surface area (Å²) in [6, 6.07) is 16.2. The van der Waals surface area contributed by atoms with Crippen molar-refractivity contribution in [3.05, 3.63) is 69.1 Å². The van der Waals surface area contributed by atoms with E-state index in [9.17, 15) is 9.59 Å². The summed E-state index contributed by atoms with van der Waals surface area (Å²) in [5.74, 6) is 0.209. The highest BCUT2D eigenvalue weighted by Gasteiger charge is 2.11. The largest absolute Gasteiger partial charge is 0.494 e. The van der Waals surface area contributed by atoms with Gasteiger partial charge in [0.05, 0.1) is 11.1 Å². The molecule has 0 saturated carbocycles. The second-order valence-electron chi connectivity index (χ2n) is 6.45. The third kappa shape index (κ3) is 6.41. The molecule has 0 radical (unpaired) electrons. The van der Waals surface area contributed by atoms with Crippen LogP contribution in [0.1, 0.15) is 17.3 Å². The fraction of sp³-hybridized carbons (Fsp3) is 0.136. The highest BCUT2D eigenvalue weighted by Crippen LogP contribution is 2.34. The van der Waals surface area contributed by atoms with Crippen LogP contribution in [0.15, 0.2) is 63.5 Å². The number of carbonyl (C=O) groups is 2. The van der Waals surface area contributed by atoms with E-state index in [0.29, 0.717) is 23.7 Å². The molecule has 0 aromatic heterocycles. The van der Waals surface area contributed by atoms with E-state index in [1.807, 2.05) is 31.2 Å². The minimum Gasteiger partial charge on any atom is -0.494 e. The zero-order valence-corrected chi connectivity index (χ0v) is 20.9. The minimum atomic E-state index is -0.470. The molecule has 0 aliphatic rings. The molecule has 10 heteroatoms. The Morgan fingerprint density at radius 3 is 2.59 bits per heavy atom. The molecule has 3 aromatic carbocycles. The first-order valence-corrected chi connectivity index (χ1v) is 11.5. The summed E-state index contributed by atoms with van der Waals surface area (Å²) < 4.78 is 12.7. The van der Waals surface area contributed by atoms with Crippen LogP contribution in [0.2, 0.25) is 0 Å². The Hall–Kier alpha value is -2.69. The molecule has 3 rings (SSSR count). The van der Waals surface area contributed by atoms with Crippen molar-refractivity contribution in [2.45, 2.75) is 6.92 Å². The molecule has 0 unspecified atom stereocenters. The third-order valence-corrected chi connectivity index (χ3v) is 5.70. The van der Waals surface area contributed by atoms with Crippen molar-refractivity contribution in [3.8, 4) is 11.5 Å². The molecule has 0 aliphatic carbocycles. The standard InChI is InChI=1S/C22H19Br2N3O4S/c1-2-30-16-5-3-4-14(11-16)21(29)25-22(32)27-26-19(28)12-31-18-9-6-13-10-15(23)7-8-17(13)20(18)24/h3-11H,2,12H2,1H3,(H,26,28)(H2,25,27,29,32). The van der Waals surface area contributed by atoms with E-state index in [2.05, 4.69) is 48.0 Å². The first-order valence-electron chi connectivity index (χ1n) is 9.51. The van der Waals surface area contributed by atoms with Gasteiger partial charge < -0.3 is 9.47 Å². The van der Waals surface area contributed by atoms with Crippen LogP contribution < -0.4 is 25.6 Å². The number of carbonyl (C=O) groups excluding carboxylic acids is 2. The van der Waals surface area contributed by atoms with E-state index in [1.165, 1.54) is 0 Å². The highest BCUT2D eigenvalue weighted by molar-refractivity contribution is 9.11. The van der Waals surface area contributed by atoms with Crippen LogP contribution in [-0.4, -0.2) is 30.1 Å². The van der Waals surface area contributed by atoms with Crippen LogP contribution in [0.4, 0.5) is 0 Å². The molecule has 0 aliphatic heterocycles. The lowest BCUT2D eigenvalue weighted by molar-refractivity contribution is -0.123. The summed E-state index contributed by atoms with van der Waals surface area (Å²) in [6.45, 7) is 2.10. The van der Waals surface area contributed by atoms with Gasteiger partial charge in [-0.25, -0.2) is 0 Å². The first kappa shape index (κ1) is 24.0. The number of fused-ring (bicyclic) bond motifs is 1. The molecule has 3 N–H and O–H groups in total. The van der Waals surface area contributed by atoms with Crippen LogP contribution >= 0.6 is 44.1 Å². The topological polar surface area (TPSA) is 88.7 Å². The summed E-state index contributed by atoms with van der Waals surface area (Å²) in [5, 5.41) is 4.42. The molecule has 32 heavy (non-hydrogen) atoms. The second-order valence-corrected chi connectivity index (χ2v) is 8.57. The summed E-state index contributed by atoms with van der Waals surface area (Å²) >= 11 is 12.0. The molecule has 2 amide bonds. The van der Waals surface area contributed by atoms with Crippen molar-refractivity contribution in [3.63, 3.8) is 0 Å². The minimum absolute atomic E-state index is 0.0531. The van der Waals surface area contributed by atoms with Crippen molar-refractivity contribution < 1.29 is 19.1 Å². The van der Waals surface area contributed by atoms with Gasteiger partial charge in [-0.3, -0.25) is 25.8 Å². The molecule has 0 saturated heterocycles. The first-order chi connectivity index (χ1) is 15.4. The maximum atomic E-state index is 12.3. The van der Waals surface area contributed by atoms with Gasteiger partial charge in [0.15, 0.2) is 11.7 Å². The van der Waals surface area contributed by atoms with Gasteiger partial charge in [-0.2, -0.15) is 0 Å². The Labute approximate surface area is 207 Å². The number of ether oxygens (including phenoxy) is 2. The van der Waals surface area contributed by atoms with E-state index in [0.717, 1.165) is 19.7 Å². The van der Waals surface area contributed by atoms with Gasteiger partial charge in [-0.15, -0.1) is 0 Å². The zero-order chi connectivity index (χ0) is 23.1. The number of hydrazine groups is 1.